The summed E-state index contributed by atoms with van der Waals surface area (Å²) in [5.41, 5.74) is 7.91. The molecule has 3 nitrogen and oxygen atoms in total. The van der Waals surface area contributed by atoms with Crippen molar-refractivity contribution in [1.29, 1.82) is 0 Å². The van der Waals surface area contributed by atoms with Crippen LogP contribution in [0.5, 0.6) is 0 Å². The van der Waals surface area contributed by atoms with E-state index >= 15 is 0 Å². The summed E-state index contributed by atoms with van der Waals surface area (Å²) in [6.07, 6.45) is 1.01. The zero-order valence-electron chi connectivity index (χ0n) is 10.7. The molecule has 0 fully saturated rings. The number of nitrogens with one attached hydrogen (secondary N) is 1. The molecule has 0 bridgehead atoms. The van der Waals surface area contributed by atoms with Crippen LogP contribution in [0.1, 0.15) is 12.0 Å². The van der Waals surface area contributed by atoms with Crippen molar-refractivity contribution in [3.8, 4) is 0 Å². The third kappa shape index (κ3) is 3.89. The fraction of sp³-hybridized carbons (Fsp3) is 0.133. The maximum atomic E-state index is 11.9. The minimum atomic E-state index is -0.106. The van der Waals surface area contributed by atoms with Crippen LogP contribution in [0.25, 0.3) is 0 Å². The number of amides is 1. The highest BCUT2D eigenvalue weighted by Crippen LogP contribution is 2.29. The van der Waals surface area contributed by atoms with Gasteiger partial charge in [-0.3, -0.25) is 4.79 Å². The molecule has 0 aromatic heterocycles. The van der Waals surface area contributed by atoms with Crippen molar-refractivity contribution >= 4 is 40.5 Å². The lowest BCUT2D eigenvalue weighted by Gasteiger charge is -2.08. The summed E-state index contributed by atoms with van der Waals surface area (Å²) in [4.78, 5) is 11.9. The van der Waals surface area contributed by atoms with Crippen molar-refractivity contribution in [2.24, 2.45) is 0 Å². The quantitative estimate of drug-likeness (QED) is 0.834. The third-order valence-corrected chi connectivity index (χ3v) is 3.67. The van der Waals surface area contributed by atoms with E-state index in [1.807, 2.05) is 24.3 Å². The van der Waals surface area contributed by atoms with E-state index in [1.54, 1.807) is 18.2 Å². The number of carbonyl (C=O) groups excluding carboxylic acids is 1. The number of rotatable bonds is 4. The molecule has 0 heterocycles. The molecule has 0 atom stereocenters. The van der Waals surface area contributed by atoms with E-state index in [-0.39, 0.29) is 5.91 Å². The molecule has 0 unspecified atom stereocenters. The summed E-state index contributed by atoms with van der Waals surface area (Å²) in [6, 6.07) is 12.6. The molecule has 104 valence electrons. The van der Waals surface area contributed by atoms with Crippen molar-refractivity contribution in [3.63, 3.8) is 0 Å². The third-order valence-electron chi connectivity index (χ3n) is 2.85. The van der Waals surface area contributed by atoms with E-state index in [4.69, 9.17) is 28.9 Å². The van der Waals surface area contributed by atoms with E-state index in [9.17, 15) is 4.79 Å². The summed E-state index contributed by atoms with van der Waals surface area (Å²) in [5, 5.41) is 3.53. The van der Waals surface area contributed by atoms with Crippen LogP contribution in [0.4, 0.5) is 11.4 Å². The largest absolute Gasteiger partial charge is 0.399 e. The first-order chi connectivity index (χ1) is 9.56. The van der Waals surface area contributed by atoms with E-state index < -0.39 is 0 Å². The fourth-order valence-corrected chi connectivity index (χ4v) is 2.10. The molecule has 0 saturated carbocycles. The number of anilines is 2. The molecule has 5 heteroatoms. The van der Waals surface area contributed by atoms with Gasteiger partial charge in [-0.15, -0.1) is 0 Å². The van der Waals surface area contributed by atoms with Gasteiger partial charge in [0, 0.05) is 12.1 Å². The van der Waals surface area contributed by atoms with Crippen molar-refractivity contribution in [1.82, 2.24) is 0 Å². The Labute approximate surface area is 127 Å². The summed E-state index contributed by atoms with van der Waals surface area (Å²) in [7, 11) is 0. The Morgan fingerprint density at radius 1 is 1.10 bits per heavy atom. The van der Waals surface area contributed by atoms with Gasteiger partial charge in [0.05, 0.1) is 15.7 Å². The van der Waals surface area contributed by atoms with Gasteiger partial charge in [-0.05, 0) is 36.2 Å². The molecular formula is C15H14Cl2N2O. The fourth-order valence-electron chi connectivity index (χ4n) is 1.76. The summed E-state index contributed by atoms with van der Waals surface area (Å²) >= 11 is 11.9. The van der Waals surface area contributed by atoms with Crippen LogP contribution in [0.3, 0.4) is 0 Å². The standard InChI is InChI=1S/C15H14Cl2N2O/c16-12-2-1-3-13(15(12)17)19-14(20)9-6-10-4-7-11(18)8-5-10/h1-5,7-8H,6,9,18H2,(H,19,20). The number of halogens is 2. The molecule has 2 rings (SSSR count). The number of hydrogen-bond acceptors (Lipinski definition) is 2. The van der Waals surface area contributed by atoms with Crippen LogP contribution < -0.4 is 11.1 Å². The van der Waals surface area contributed by atoms with Gasteiger partial charge >= 0.3 is 0 Å². The summed E-state index contributed by atoms with van der Waals surface area (Å²) in [6.45, 7) is 0. The lowest BCUT2D eigenvalue weighted by atomic mass is 10.1. The van der Waals surface area contributed by atoms with Crippen molar-refractivity contribution in [2.45, 2.75) is 12.8 Å². The molecule has 0 aliphatic rings. The molecule has 1 amide bonds. The van der Waals surface area contributed by atoms with Gasteiger partial charge in [0.2, 0.25) is 5.91 Å². The van der Waals surface area contributed by atoms with Crippen molar-refractivity contribution in [2.75, 3.05) is 11.1 Å². The predicted octanol–water partition coefficient (Wildman–Crippen LogP) is 4.15. The molecule has 3 N–H and O–H groups in total. The number of nitrogens with two attached hydrogens (primary N) is 1. The highest BCUT2D eigenvalue weighted by atomic mass is 35.5. The van der Waals surface area contributed by atoms with Gasteiger partial charge in [0.1, 0.15) is 0 Å². The van der Waals surface area contributed by atoms with Crippen molar-refractivity contribution in [3.05, 3.63) is 58.1 Å². The molecule has 0 aliphatic carbocycles. The van der Waals surface area contributed by atoms with Crippen LogP contribution in [-0.2, 0) is 11.2 Å². The monoisotopic (exact) mass is 308 g/mol. The molecule has 20 heavy (non-hydrogen) atoms. The summed E-state index contributed by atoms with van der Waals surface area (Å²) < 4.78 is 0. The van der Waals surface area contributed by atoms with Gasteiger partial charge in [0.25, 0.3) is 0 Å². The minimum Gasteiger partial charge on any atom is -0.399 e. The van der Waals surface area contributed by atoms with Crippen LogP contribution >= 0.6 is 23.2 Å². The number of carbonyl (C=O) groups is 1. The number of aryl methyl sites for hydroxylation is 1. The van der Waals surface area contributed by atoms with Crippen LogP contribution in [0.2, 0.25) is 10.0 Å². The first-order valence-electron chi connectivity index (χ1n) is 6.14. The number of benzene rings is 2. The second-order valence-corrected chi connectivity index (χ2v) is 5.18. The van der Waals surface area contributed by atoms with E-state index in [2.05, 4.69) is 5.32 Å². The maximum absolute atomic E-state index is 11.9. The normalized spacial score (nSPS) is 10.3. The summed E-state index contributed by atoms with van der Waals surface area (Å²) in [5.74, 6) is -0.106. The highest BCUT2D eigenvalue weighted by Gasteiger charge is 2.08. The molecule has 0 spiro atoms. The lowest BCUT2D eigenvalue weighted by molar-refractivity contribution is -0.116. The molecule has 0 radical (unpaired) electrons. The minimum absolute atomic E-state index is 0.106. The molecular weight excluding hydrogens is 295 g/mol. The van der Waals surface area contributed by atoms with Crippen molar-refractivity contribution < 1.29 is 4.79 Å². The molecule has 2 aromatic carbocycles. The van der Waals surface area contributed by atoms with E-state index in [0.29, 0.717) is 34.3 Å². The Hall–Kier alpha value is -1.71. The molecule has 0 aliphatic heterocycles. The maximum Gasteiger partial charge on any atom is 0.224 e. The van der Waals surface area contributed by atoms with Crippen LogP contribution in [0, 0.1) is 0 Å². The Morgan fingerprint density at radius 3 is 2.50 bits per heavy atom. The average Bonchev–Trinajstić information content (AvgIpc) is 2.43. The Bertz CT molecular complexity index is 612. The Morgan fingerprint density at radius 2 is 1.80 bits per heavy atom. The van der Waals surface area contributed by atoms with Gasteiger partial charge in [-0.25, -0.2) is 0 Å². The topological polar surface area (TPSA) is 55.1 Å². The molecule has 0 saturated heterocycles. The second kappa shape index (κ2) is 6.64. The first-order valence-corrected chi connectivity index (χ1v) is 6.90. The zero-order valence-corrected chi connectivity index (χ0v) is 12.2. The van der Waals surface area contributed by atoms with Crippen LogP contribution in [0.15, 0.2) is 42.5 Å². The molecule has 2 aromatic rings. The van der Waals surface area contributed by atoms with Gasteiger partial charge in [-0.2, -0.15) is 0 Å². The predicted molar refractivity (Wildman–Crippen MR) is 84.3 cm³/mol. The lowest BCUT2D eigenvalue weighted by Crippen LogP contribution is -2.12. The SMILES string of the molecule is Nc1ccc(CCC(=O)Nc2cccc(Cl)c2Cl)cc1. The highest BCUT2D eigenvalue weighted by molar-refractivity contribution is 6.43. The Balaban J connectivity index is 1.92. The van der Waals surface area contributed by atoms with Gasteiger partial charge in [0.15, 0.2) is 0 Å². The zero-order chi connectivity index (χ0) is 14.5. The Kier molecular flexibility index (Phi) is 4.88. The van der Waals surface area contributed by atoms with Gasteiger partial charge < -0.3 is 11.1 Å². The smallest absolute Gasteiger partial charge is 0.224 e. The van der Waals surface area contributed by atoms with E-state index in [0.717, 1.165) is 5.56 Å². The number of nitrogen functional groups attached to an aromatic ring is 1. The van der Waals surface area contributed by atoms with Crippen LogP contribution in [-0.4, -0.2) is 5.91 Å². The first kappa shape index (κ1) is 14.7. The number of hydrogen-bond donors (Lipinski definition) is 2. The second-order valence-electron chi connectivity index (χ2n) is 4.39. The van der Waals surface area contributed by atoms with E-state index in [1.165, 1.54) is 0 Å². The average molecular weight is 309 g/mol. The van der Waals surface area contributed by atoms with Gasteiger partial charge in [-0.1, -0.05) is 41.4 Å².